The number of anilines is 3. The van der Waals surface area contributed by atoms with Crippen LogP contribution in [0.3, 0.4) is 0 Å². The van der Waals surface area contributed by atoms with Gasteiger partial charge in [-0.05, 0) is 55.3 Å². The first kappa shape index (κ1) is 17.7. The molecule has 2 saturated heterocycles. The number of imidazole rings is 1. The Labute approximate surface area is 168 Å². The van der Waals surface area contributed by atoms with Crippen molar-refractivity contribution >= 4 is 39.9 Å². The minimum absolute atomic E-state index is 0.0110. The van der Waals surface area contributed by atoms with Gasteiger partial charge in [-0.25, -0.2) is 4.98 Å². The van der Waals surface area contributed by atoms with Gasteiger partial charge in [0, 0.05) is 43.1 Å². The van der Waals surface area contributed by atoms with Gasteiger partial charge in [0.2, 0.25) is 11.8 Å². The Balaban J connectivity index is 1.26. The van der Waals surface area contributed by atoms with Crippen LogP contribution in [0.4, 0.5) is 17.1 Å². The lowest BCUT2D eigenvalue weighted by molar-refractivity contribution is -0.122. The van der Waals surface area contributed by atoms with Gasteiger partial charge in [-0.15, -0.1) is 0 Å². The van der Waals surface area contributed by atoms with E-state index < -0.39 is 0 Å². The van der Waals surface area contributed by atoms with Gasteiger partial charge in [-0.1, -0.05) is 0 Å². The number of hydrogen-bond donors (Lipinski definition) is 2. The van der Waals surface area contributed by atoms with Crippen LogP contribution in [0, 0.1) is 5.92 Å². The average molecular weight is 389 g/mol. The van der Waals surface area contributed by atoms with E-state index in [0.717, 1.165) is 29.8 Å². The molecule has 3 heterocycles. The van der Waals surface area contributed by atoms with Crippen molar-refractivity contribution < 1.29 is 9.59 Å². The third-order valence-electron chi connectivity index (χ3n) is 5.82. The lowest BCUT2D eigenvalue weighted by atomic mass is 10.1. The zero-order valence-electron chi connectivity index (χ0n) is 16.1. The van der Waals surface area contributed by atoms with E-state index in [-0.39, 0.29) is 24.2 Å². The van der Waals surface area contributed by atoms with Crippen molar-refractivity contribution in [1.29, 1.82) is 0 Å². The summed E-state index contributed by atoms with van der Waals surface area (Å²) >= 11 is 0. The number of carbonyl (C=O) groups is 2. The molecule has 0 saturated carbocycles. The van der Waals surface area contributed by atoms with Crippen molar-refractivity contribution in [3.63, 3.8) is 0 Å². The number of fused-ring (bicyclic) bond motifs is 1. The van der Waals surface area contributed by atoms with E-state index in [2.05, 4.69) is 32.3 Å². The number of nitrogens with zero attached hydrogens (tertiary/aromatic N) is 3. The molecule has 2 amide bonds. The van der Waals surface area contributed by atoms with E-state index >= 15 is 0 Å². The first-order valence-corrected chi connectivity index (χ1v) is 10.1. The molecule has 7 nitrogen and oxygen atoms in total. The summed E-state index contributed by atoms with van der Waals surface area (Å²) < 4.78 is 0. The molecule has 1 unspecified atom stereocenters. The molecule has 2 N–H and O–H groups in total. The average Bonchev–Trinajstić information content (AvgIpc) is 3.48. The number of H-pyrrole nitrogens is 1. The standard InChI is InChI=1S/C22H23N5O2/c28-21-11-15(22(29)25-16-3-8-19-20(12-16)24-14-23-19)13-27(21)18-6-4-17(5-7-18)26-9-1-2-10-26/h3-8,12,14-15H,1-2,9-11,13H2,(H,23,24)(H,25,29). The van der Waals surface area contributed by atoms with Crippen molar-refractivity contribution in [2.24, 2.45) is 5.92 Å². The fraction of sp³-hybridized carbons (Fsp3) is 0.318. The van der Waals surface area contributed by atoms with E-state index in [0.29, 0.717) is 12.2 Å². The summed E-state index contributed by atoms with van der Waals surface area (Å²) in [5.41, 5.74) is 4.47. The van der Waals surface area contributed by atoms with E-state index in [9.17, 15) is 9.59 Å². The smallest absolute Gasteiger partial charge is 0.229 e. The fourth-order valence-corrected chi connectivity index (χ4v) is 4.21. The zero-order chi connectivity index (χ0) is 19.8. The topological polar surface area (TPSA) is 81.3 Å². The molecular weight excluding hydrogens is 366 g/mol. The number of rotatable bonds is 4. The summed E-state index contributed by atoms with van der Waals surface area (Å²) in [5, 5.41) is 2.93. The number of nitrogens with one attached hydrogen (secondary N) is 2. The third kappa shape index (κ3) is 3.44. The Morgan fingerprint density at radius 1 is 1.07 bits per heavy atom. The monoisotopic (exact) mass is 389 g/mol. The summed E-state index contributed by atoms with van der Waals surface area (Å²) in [5.74, 6) is -0.505. The molecule has 148 valence electrons. The van der Waals surface area contributed by atoms with Gasteiger partial charge in [0.15, 0.2) is 0 Å². The van der Waals surface area contributed by atoms with Gasteiger partial charge in [0.1, 0.15) is 0 Å². The van der Waals surface area contributed by atoms with Crippen LogP contribution in [0.5, 0.6) is 0 Å². The molecule has 2 fully saturated rings. The molecule has 0 bridgehead atoms. The molecule has 2 aromatic carbocycles. The first-order valence-electron chi connectivity index (χ1n) is 10.1. The predicted molar refractivity (Wildman–Crippen MR) is 113 cm³/mol. The van der Waals surface area contributed by atoms with Gasteiger partial charge in [0.25, 0.3) is 0 Å². The molecule has 2 aliphatic rings. The SMILES string of the molecule is O=C(Nc1ccc2nc[nH]c2c1)C1CC(=O)N(c2ccc(N3CCCC3)cc2)C1. The van der Waals surface area contributed by atoms with E-state index in [1.54, 1.807) is 11.2 Å². The Kier molecular flexibility index (Phi) is 4.42. The second-order valence-corrected chi connectivity index (χ2v) is 7.74. The highest BCUT2D eigenvalue weighted by atomic mass is 16.2. The molecular formula is C22H23N5O2. The quantitative estimate of drug-likeness (QED) is 0.718. The van der Waals surface area contributed by atoms with E-state index in [4.69, 9.17) is 0 Å². The van der Waals surface area contributed by atoms with Crippen LogP contribution >= 0.6 is 0 Å². The number of amides is 2. The molecule has 1 aromatic heterocycles. The van der Waals surface area contributed by atoms with E-state index in [1.165, 1.54) is 18.5 Å². The van der Waals surface area contributed by atoms with Crippen LogP contribution in [-0.4, -0.2) is 41.4 Å². The number of hydrogen-bond acceptors (Lipinski definition) is 4. The van der Waals surface area contributed by atoms with Crippen molar-refractivity contribution in [2.75, 3.05) is 34.8 Å². The maximum atomic E-state index is 12.7. The molecule has 0 spiro atoms. The lowest BCUT2D eigenvalue weighted by Crippen LogP contribution is -2.28. The molecule has 29 heavy (non-hydrogen) atoms. The number of carbonyl (C=O) groups excluding carboxylic acids is 2. The van der Waals surface area contributed by atoms with Crippen molar-refractivity contribution in [1.82, 2.24) is 9.97 Å². The molecule has 2 aliphatic heterocycles. The summed E-state index contributed by atoms with van der Waals surface area (Å²) in [7, 11) is 0. The summed E-state index contributed by atoms with van der Waals surface area (Å²) in [4.78, 5) is 36.6. The minimum Gasteiger partial charge on any atom is -0.372 e. The third-order valence-corrected chi connectivity index (χ3v) is 5.82. The van der Waals surface area contributed by atoms with Crippen LogP contribution in [0.25, 0.3) is 11.0 Å². The predicted octanol–water partition coefficient (Wildman–Crippen LogP) is 3.15. The lowest BCUT2D eigenvalue weighted by Gasteiger charge is -2.20. The van der Waals surface area contributed by atoms with Crippen LogP contribution in [0.15, 0.2) is 48.8 Å². The highest BCUT2D eigenvalue weighted by molar-refractivity contribution is 6.04. The normalized spacial score (nSPS) is 19.3. The van der Waals surface area contributed by atoms with Crippen molar-refractivity contribution in [2.45, 2.75) is 19.3 Å². The molecule has 1 atom stereocenters. The van der Waals surface area contributed by atoms with Crippen LogP contribution in [0.2, 0.25) is 0 Å². The summed E-state index contributed by atoms with van der Waals surface area (Å²) in [6.45, 7) is 2.59. The minimum atomic E-state index is -0.363. The number of aromatic amines is 1. The van der Waals surface area contributed by atoms with Gasteiger partial charge < -0.3 is 20.1 Å². The van der Waals surface area contributed by atoms with Gasteiger partial charge in [-0.3, -0.25) is 9.59 Å². The maximum absolute atomic E-state index is 12.7. The maximum Gasteiger partial charge on any atom is 0.229 e. The van der Waals surface area contributed by atoms with Crippen molar-refractivity contribution in [3.8, 4) is 0 Å². The van der Waals surface area contributed by atoms with Crippen LogP contribution in [0.1, 0.15) is 19.3 Å². The first-order chi connectivity index (χ1) is 14.2. The van der Waals surface area contributed by atoms with Gasteiger partial charge >= 0.3 is 0 Å². The number of benzene rings is 2. The Morgan fingerprint density at radius 3 is 2.62 bits per heavy atom. The Hall–Kier alpha value is -3.35. The highest BCUT2D eigenvalue weighted by Gasteiger charge is 2.35. The molecule has 3 aromatic rings. The van der Waals surface area contributed by atoms with E-state index in [1.807, 2.05) is 30.3 Å². The number of aromatic nitrogens is 2. The highest BCUT2D eigenvalue weighted by Crippen LogP contribution is 2.29. The van der Waals surface area contributed by atoms with Crippen LogP contribution in [-0.2, 0) is 9.59 Å². The molecule has 5 rings (SSSR count). The zero-order valence-corrected chi connectivity index (χ0v) is 16.1. The van der Waals surface area contributed by atoms with Gasteiger partial charge in [0.05, 0.1) is 23.3 Å². The Morgan fingerprint density at radius 2 is 1.83 bits per heavy atom. The van der Waals surface area contributed by atoms with Gasteiger partial charge in [-0.2, -0.15) is 0 Å². The molecule has 0 aliphatic carbocycles. The van der Waals surface area contributed by atoms with Crippen LogP contribution < -0.4 is 15.1 Å². The second-order valence-electron chi connectivity index (χ2n) is 7.74. The fourth-order valence-electron chi connectivity index (χ4n) is 4.21. The summed E-state index contributed by atoms with van der Waals surface area (Å²) in [6.07, 6.45) is 4.32. The largest absolute Gasteiger partial charge is 0.372 e. The second kappa shape index (κ2) is 7.24. The molecule has 0 radical (unpaired) electrons. The Bertz CT molecular complexity index is 1050. The summed E-state index contributed by atoms with van der Waals surface area (Å²) in [6, 6.07) is 13.6. The van der Waals surface area contributed by atoms with Crippen molar-refractivity contribution in [3.05, 3.63) is 48.8 Å². The molecule has 7 heteroatoms.